The van der Waals surface area contributed by atoms with E-state index < -0.39 is 11.9 Å². The molecule has 8 nitrogen and oxygen atoms in total. The van der Waals surface area contributed by atoms with E-state index in [0.29, 0.717) is 27.2 Å². The van der Waals surface area contributed by atoms with Crippen molar-refractivity contribution in [3.8, 4) is 11.5 Å². The lowest BCUT2D eigenvalue weighted by molar-refractivity contribution is -0.123. The fourth-order valence-electron chi connectivity index (χ4n) is 3.54. The van der Waals surface area contributed by atoms with Crippen LogP contribution in [0.3, 0.4) is 0 Å². The van der Waals surface area contributed by atoms with Crippen LogP contribution in [0.5, 0.6) is 11.5 Å². The number of amides is 4. The number of carbonyl (C=O) groups is 3. The van der Waals surface area contributed by atoms with Gasteiger partial charge in [0.2, 0.25) is 0 Å². The molecule has 0 aliphatic carbocycles. The van der Waals surface area contributed by atoms with E-state index in [-0.39, 0.29) is 24.8 Å². The molecular formula is C27H24BrN3O5. The first-order valence-electron chi connectivity index (χ1n) is 11.1. The zero-order valence-electron chi connectivity index (χ0n) is 19.7. The Morgan fingerprint density at radius 1 is 1.06 bits per heavy atom. The molecule has 36 heavy (non-hydrogen) atoms. The average Bonchev–Trinajstić information content (AvgIpc) is 3.13. The van der Waals surface area contributed by atoms with Crippen molar-refractivity contribution in [3.05, 3.63) is 93.6 Å². The number of rotatable bonds is 8. The van der Waals surface area contributed by atoms with Crippen LogP contribution in [0.15, 0.2) is 76.9 Å². The van der Waals surface area contributed by atoms with Crippen LogP contribution in [-0.2, 0) is 16.1 Å². The second-order valence-electron chi connectivity index (χ2n) is 8.09. The van der Waals surface area contributed by atoms with Gasteiger partial charge in [0.25, 0.3) is 11.8 Å². The fraction of sp³-hybridized carbons (Fsp3) is 0.148. The molecule has 3 aromatic carbocycles. The molecule has 4 amide bonds. The highest BCUT2D eigenvalue weighted by molar-refractivity contribution is 9.10. The Kier molecular flexibility index (Phi) is 7.70. The summed E-state index contributed by atoms with van der Waals surface area (Å²) in [6.07, 6.45) is 1.56. The van der Waals surface area contributed by atoms with E-state index >= 15 is 0 Å². The largest absolute Gasteiger partial charge is 0.493 e. The third kappa shape index (κ3) is 5.92. The third-order valence-corrected chi connectivity index (χ3v) is 6.11. The summed E-state index contributed by atoms with van der Waals surface area (Å²) in [5.41, 5.74) is 3.35. The number of nitrogens with zero attached hydrogens (tertiary/aromatic N) is 1. The molecule has 0 unspecified atom stereocenters. The van der Waals surface area contributed by atoms with E-state index in [2.05, 4.69) is 26.6 Å². The number of imide groups is 1. The highest BCUT2D eigenvalue weighted by Gasteiger charge is 2.33. The molecule has 0 saturated carbocycles. The highest BCUT2D eigenvalue weighted by atomic mass is 79.9. The van der Waals surface area contributed by atoms with Gasteiger partial charge < -0.3 is 20.1 Å². The first-order chi connectivity index (χ1) is 17.3. The Balaban J connectivity index is 1.47. The summed E-state index contributed by atoms with van der Waals surface area (Å²) in [5, 5.41) is 5.38. The molecule has 184 valence electrons. The monoisotopic (exact) mass is 549 g/mol. The summed E-state index contributed by atoms with van der Waals surface area (Å²) >= 11 is 3.47. The zero-order chi connectivity index (χ0) is 25.7. The van der Waals surface area contributed by atoms with E-state index in [4.69, 9.17) is 9.47 Å². The number of halogens is 1. The highest BCUT2D eigenvalue weighted by Crippen LogP contribution is 2.35. The summed E-state index contributed by atoms with van der Waals surface area (Å²) in [4.78, 5) is 38.8. The molecule has 3 aromatic rings. The molecule has 1 saturated heterocycles. The summed E-state index contributed by atoms with van der Waals surface area (Å²) in [7, 11) is 1.48. The van der Waals surface area contributed by atoms with E-state index in [1.54, 1.807) is 30.3 Å². The smallest absolute Gasteiger partial charge is 0.329 e. The fourth-order valence-corrected chi connectivity index (χ4v) is 3.98. The van der Waals surface area contributed by atoms with Crippen molar-refractivity contribution in [1.29, 1.82) is 0 Å². The number of para-hydroxylation sites is 1. The maximum atomic E-state index is 12.9. The number of anilines is 1. The first kappa shape index (κ1) is 25.0. The Morgan fingerprint density at radius 3 is 2.47 bits per heavy atom. The van der Waals surface area contributed by atoms with Crippen LogP contribution in [-0.4, -0.2) is 36.5 Å². The van der Waals surface area contributed by atoms with Gasteiger partial charge >= 0.3 is 6.03 Å². The lowest BCUT2D eigenvalue weighted by Crippen LogP contribution is -2.30. The molecule has 2 N–H and O–H groups in total. The van der Waals surface area contributed by atoms with Gasteiger partial charge in [-0.3, -0.25) is 14.5 Å². The number of carbonyl (C=O) groups excluding carboxylic acids is 3. The molecule has 0 bridgehead atoms. The van der Waals surface area contributed by atoms with Gasteiger partial charge in [0, 0.05) is 10.2 Å². The van der Waals surface area contributed by atoms with Gasteiger partial charge in [0.15, 0.2) is 18.1 Å². The van der Waals surface area contributed by atoms with Gasteiger partial charge in [-0.15, -0.1) is 0 Å². The summed E-state index contributed by atoms with van der Waals surface area (Å²) in [6, 6.07) is 19.5. The zero-order valence-corrected chi connectivity index (χ0v) is 21.3. The summed E-state index contributed by atoms with van der Waals surface area (Å²) < 4.78 is 11.7. The van der Waals surface area contributed by atoms with Crippen molar-refractivity contribution < 1.29 is 23.9 Å². The quantitative estimate of drug-likeness (QED) is 0.308. The number of hydrogen-bond donors (Lipinski definition) is 2. The number of hydrogen-bond acceptors (Lipinski definition) is 5. The first-order valence-corrected chi connectivity index (χ1v) is 11.9. The van der Waals surface area contributed by atoms with Crippen molar-refractivity contribution in [1.82, 2.24) is 10.2 Å². The molecule has 9 heteroatoms. The van der Waals surface area contributed by atoms with Crippen LogP contribution in [0.25, 0.3) is 6.08 Å². The van der Waals surface area contributed by atoms with Crippen LogP contribution in [0.1, 0.15) is 16.7 Å². The number of methoxy groups -OCH3 is 1. The molecule has 0 spiro atoms. The predicted molar refractivity (Wildman–Crippen MR) is 139 cm³/mol. The maximum Gasteiger partial charge on any atom is 0.329 e. The van der Waals surface area contributed by atoms with E-state index in [0.717, 1.165) is 16.0 Å². The third-order valence-electron chi connectivity index (χ3n) is 5.42. The standard InChI is InChI=1S/C27H24BrN3O5/c1-17-8-10-18(11-9-17)15-31-26(33)22(30-27(31)34)12-19-13-23(35-2)24(14-21(19)28)36-16-25(32)29-20-6-4-3-5-7-20/h3-14H,15-16H2,1-2H3,(H,29,32)(H,30,34)/b22-12+. The van der Waals surface area contributed by atoms with Crippen LogP contribution in [0, 0.1) is 6.92 Å². The van der Waals surface area contributed by atoms with Gasteiger partial charge in [-0.2, -0.15) is 0 Å². The molecular weight excluding hydrogens is 526 g/mol. The van der Waals surface area contributed by atoms with Crippen molar-refractivity contribution >= 4 is 45.5 Å². The van der Waals surface area contributed by atoms with Crippen LogP contribution in [0.4, 0.5) is 10.5 Å². The lowest BCUT2D eigenvalue weighted by atomic mass is 10.1. The van der Waals surface area contributed by atoms with Gasteiger partial charge in [0.05, 0.1) is 13.7 Å². The molecule has 0 aromatic heterocycles. The maximum absolute atomic E-state index is 12.9. The van der Waals surface area contributed by atoms with Crippen molar-refractivity contribution in [2.45, 2.75) is 13.5 Å². The Bertz CT molecular complexity index is 1320. The van der Waals surface area contributed by atoms with Crippen molar-refractivity contribution in [3.63, 3.8) is 0 Å². The van der Waals surface area contributed by atoms with E-state index in [1.165, 1.54) is 7.11 Å². The minimum absolute atomic E-state index is 0.144. The minimum Gasteiger partial charge on any atom is -0.493 e. The lowest BCUT2D eigenvalue weighted by Gasteiger charge is -2.13. The van der Waals surface area contributed by atoms with Gasteiger partial charge in [-0.25, -0.2) is 4.79 Å². The molecule has 1 fully saturated rings. The minimum atomic E-state index is -0.487. The van der Waals surface area contributed by atoms with E-state index in [9.17, 15) is 14.4 Å². The van der Waals surface area contributed by atoms with Crippen LogP contribution in [0.2, 0.25) is 0 Å². The van der Waals surface area contributed by atoms with Gasteiger partial charge in [0.1, 0.15) is 5.70 Å². The molecule has 0 radical (unpaired) electrons. The van der Waals surface area contributed by atoms with Crippen LogP contribution >= 0.6 is 15.9 Å². The average molecular weight is 550 g/mol. The van der Waals surface area contributed by atoms with Gasteiger partial charge in [-0.1, -0.05) is 64.0 Å². The predicted octanol–water partition coefficient (Wildman–Crippen LogP) is 4.88. The Hall–Kier alpha value is -4.11. The molecule has 1 heterocycles. The summed E-state index contributed by atoms with van der Waals surface area (Å²) in [5.74, 6) is -0.0359. The number of ether oxygens (including phenoxy) is 2. The topological polar surface area (TPSA) is 97.0 Å². The Labute approximate surface area is 217 Å². The number of benzene rings is 3. The number of nitrogens with one attached hydrogen (secondary N) is 2. The normalized spacial score (nSPS) is 14.1. The molecule has 1 aliphatic rings. The van der Waals surface area contributed by atoms with Crippen LogP contribution < -0.4 is 20.1 Å². The molecule has 4 rings (SSSR count). The summed E-state index contributed by atoms with van der Waals surface area (Å²) in [6.45, 7) is 1.92. The second-order valence-corrected chi connectivity index (χ2v) is 8.95. The number of aryl methyl sites for hydroxylation is 1. The van der Waals surface area contributed by atoms with Crippen molar-refractivity contribution in [2.24, 2.45) is 0 Å². The van der Waals surface area contributed by atoms with Gasteiger partial charge in [-0.05, 0) is 48.4 Å². The molecule has 0 atom stereocenters. The molecule has 1 aliphatic heterocycles. The van der Waals surface area contributed by atoms with E-state index in [1.807, 2.05) is 49.4 Å². The second kappa shape index (κ2) is 11.1. The number of urea groups is 1. The SMILES string of the molecule is COc1cc(/C=C2/NC(=O)N(Cc3ccc(C)cc3)C2=O)c(Br)cc1OCC(=O)Nc1ccccc1. The van der Waals surface area contributed by atoms with Crippen molar-refractivity contribution in [2.75, 3.05) is 19.0 Å². The Morgan fingerprint density at radius 2 is 1.78 bits per heavy atom.